The van der Waals surface area contributed by atoms with E-state index in [1.165, 1.54) is 32.0 Å². The minimum absolute atomic E-state index is 0.0262. The molecule has 0 fully saturated rings. The van der Waals surface area contributed by atoms with E-state index in [-0.39, 0.29) is 5.75 Å². The molecule has 0 unspecified atom stereocenters. The Morgan fingerprint density at radius 2 is 1.82 bits per heavy atom. The first-order chi connectivity index (χ1) is 8.00. The molecule has 1 aromatic carbocycles. The molecule has 92 valence electrons. The summed E-state index contributed by atoms with van der Waals surface area (Å²) in [6.07, 6.45) is 1.79. The van der Waals surface area contributed by atoms with Crippen molar-refractivity contribution in [3.63, 3.8) is 0 Å². The van der Waals surface area contributed by atoms with Crippen LogP contribution in [0.1, 0.15) is 5.56 Å². The summed E-state index contributed by atoms with van der Waals surface area (Å²) < 4.78 is 36.6. The molecule has 0 bridgehead atoms. The van der Waals surface area contributed by atoms with Gasteiger partial charge in [0.15, 0.2) is 0 Å². The zero-order valence-electron chi connectivity index (χ0n) is 9.58. The van der Waals surface area contributed by atoms with Gasteiger partial charge in [-0.25, -0.2) is 0 Å². The van der Waals surface area contributed by atoms with Crippen molar-refractivity contribution < 1.29 is 18.3 Å². The molecule has 0 aliphatic rings. The van der Waals surface area contributed by atoms with Crippen LogP contribution < -0.4 is 9.47 Å². The average molecular weight is 259 g/mol. The van der Waals surface area contributed by atoms with E-state index < -0.39 is 11.5 Å². The summed E-state index contributed by atoms with van der Waals surface area (Å²) in [4.78, 5) is 0.668. The Morgan fingerprint density at radius 3 is 2.24 bits per heavy atom. The molecule has 0 saturated carbocycles. The van der Waals surface area contributed by atoms with Gasteiger partial charge in [-0.05, 0) is 18.4 Å². The first kappa shape index (κ1) is 13.6. The molecule has 0 atom stereocenters. The minimum Gasteiger partial charge on any atom is -0.496 e. The van der Waals surface area contributed by atoms with Crippen molar-refractivity contribution in [2.75, 3.05) is 20.5 Å². The molecule has 3 nitrogen and oxygen atoms in total. The van der Waals surface area contributed by atoms with Crippen LogP contribution in [0.2, 0.25) is 0 Å². The van der Waals surface area contributed by atoms with E-state index in [2.05, 4.69) is 0 Å². The highest BCUT2D eigenvalue weighted by molar-refractivity contribution is 7.98. The molecule has 6 heteroatoms. The van der Waals surface area contributed by atoms with E-state index >= 15 is 0 Å². The van der Waals surface area contributed by atoms with E-state index in [9.17, 15) is 8.78 Å². The maximum atomic E-state index is 13.4. The fourth-order valence-corrected chi connectivity index (χ4v) is 1.90. The van der Waals surface area contributed by atoms with Gasteiger partial charge in [0.1, 0.15) is 17.6 Å². The molecule has 17 heavy (non-hydrogen) atoms. The number of halogens is 2. The van der Waals surface area contributed by atoms with Crippen molar-refractivity contribution in [3.8, 4) is 17.6 Å². The third kappa shape index (κ3) is 2.61. The monoisotopic (exact) mass is 259 g/mol. The van der Waals surface area contributed by atoms with Gasteiger partial charge in [0.25, 0.3) is 0 Å². The van der Waals surface area contributed by atoms with Crippen molar-refractivity contribution in [2.45, 2.75) is 10.8 Å². The van der Waals surface area contributed by atoms with E-state index in [0.717, 1.165) is 12.1 Å². The van der Waals surface area contributed by atoms with Crippen LogP contribution >= 0.6 is 11.8 Å². The second-order valence-corrected chi connectivity index (χ2v) is 3.94. The molecular weight excluding hydrogens is 248 g/mol. The predicted molar refractivity (Wildman–Crippen MR) is 60.8 cm³/mol. The van der Waals surface area contributed by atoms with Gasteiger partial charge in [0.05, 0.1) is 24.7 Å². The van der Waals surface area contributed by atoms with Crippen molar-refractivity contribution in [3.05, 3.63) is 17.7 Å². The Hall–Kier alpha value is -1.48. The van der Waals surface area contributed by atoms with E-state index in [4.69, 9.17) is 14.7 Å². The fourth-order valence-electron chi connectivity index (χ4n) is 1.33. The number of methoxy groups -OCH3 is 2. The van der Waals surface area contributed by atoms with E-state index in [1.54, 1.807) is 6.26 Å². The zero-order valence-corrected chi connectivity index (χ0v) is 10.4. The fraction of sp³-hybridized carbons (Fsp3) is 0.364. The number of nitrogens with zero attached hydrogens (tertiary/aromatic N) is 1. The maximum Gasteiger partial charge on any atom is 0.361 e. The Morgan fingerprint density at radius 1 is 1.24 bits per heavy atom. The van der Waals surface area contributed by atoms with Crippen LogP contribution in [0.25, 0.3) is 0 Å². The molecule has 0 heterocycles. The van der Waals surface area contributed by atoms with Gasteiger partial charge in [-0.3, -0.25) is 0 Å². The van der Waals surface area contributed by atoms with Gasteiger partial charge in [0, 0.05) is 0 Å². The van der Waals surface area contributed by atoms with Crippen molar-refractivity contribution >= 4 is 11.8 Å². The summed E-state index contributed by atoms with van der Waals surface area (Å²) in [5, 5.41) is 8.46. The van der Waals surface area contributed by atoms with Gasteiger partial charge < -0.3 is 9.47 Å². The molecule has 0 saturated heterocycles. The minimum atomic E-state index is -3.60. The smallest absolute Gasteiger partial charge is 0.361 e. The van der Waals surface area contributed by atoms with Gasteiger partial charge >= 0.3 is 5.92 Å². The second-order valence-electron chi connectivity index (χ2n) is 3.09. The Labute approximate surface area is 102 Å². The number of ether oxygens (including phenoxy) is 2. The van der Waals surface area contributed by atoms with Gasteiger partial charge in [0.2, 0.25) is 0 Å². The van der Waals surface area contributed by atoms with Crippen LogP contribution in [0.15, 0.2) is 17.0 Å². The number of rotatable bonds is 4. The third-order valence-electron chi connectivity index (χ3n) is 2.18. The lowest BCUT2D eigenvalue weighted by Gasteiger charge is -2.16. The van der Waals surface area contributed by atoms with Crippen LogP contribution in [0, 0.1) is 11.3 Å². The second kappa shape index (κ2) is 5.23. The summed E-state index contributed by atoms with van der Waals surface area (Å²) in [7, 11) is 2.67. The molecule has 0 amide bonds. The summed E-state index contributed by atoms with van der Waals surface area (Å²) in [6.45, 7) is 0. The molecule has 0 N–H and O–H groups in total. The molecule has 0 aliphatic carbocycles. The highest BCUT2D eigenvalue weighted by Crippen LogP contribution is 2.41. The zero-order chi connectivity index (χ0) is 13.1. The molecular formula is C11H11F2NO2S. The topological polar surface area (TPSA) is 42.2 Å². The molecule has 0 radical (unpaired) electrons. The lowest BCUT2D eigenvalue weighted by atomic mass is 10.1. The van der Waals surface area contributed by atoms with E-state index in [1.807, 2.05) is 0 Å². The van der Waals surface area contributed by atoms with Gasteiger partial charge in [-0.1, -0.05) is 0 Å². The molecule has 0 aromatic heterocycles. The summed E-state index contributed by atoms with van der Waals surface area (Å²) in [5.74, 6) is -3.33. The van der Waals surface area contributed by atoms with Crippen LogP contribution in [0.3, 0.4) is 0 Å². The first-order valence-electron chi connectivity index (χ1n) is 4.59. The molecule has 1 aromatic rings. The van der Waals surface area contributed by atoms with Crippen molar-refractivity contribution in [1.82, 2.24) is 0 Å². The summed E-state index contributed by atoms with van der Waals surface area (Å²) in [5.41, 5.74) is -0.489. The van der Waals surface area contributed by atoms with Crippen LogP contribution in [-0.2, 0) is 5.92 Å². The number of nitriles is 1. The lowest BCUT2D eigenvalue weighted by Crippen LogP contribution is -2.12. The normalized spacial score (nSPS) is 10.8. The Kier molecular flexibility index (Phi) is 4.18. The third-order valence-corrected chi connectivity index (χ3v) is 2.94. The van der Waals surface area contributed by atoms with Crippen LogP contribution in [0.4, 0.5) is 8.78 Å². The Balaban J connectivity index is 3.45. The summed E-state index contributed by atoms with van der Waals surface area (Å²) in [6, 6.07) is 3.51. The first-order valence-corrected chi connectivity index (χ1v) is 5.82. The number of hydrogen-bond donors (Lipinski definition) is 0. The van der Waals surface area contributed by atoms with Crippen LogP contribution in [-0.4, -0.2) is 20.5 Å². The highest BCUT2D eigenvalue weighted by Gasteiger charge is 2.35. The van der Waals surface area contributed by atoms with Gasteiger partial charge in [-0.2, -0.15) is 14.0 Å². The standard InChI is InChI=1S/C11H11F2NO2S/c1-15-8-5-10(17-3)9(16-2)4-7(8)11(12,13)6-14/h4-5H,1-3H3. The number of thioether (sulfide) groups is 1. The largest absolute Gasteiger partial charge is 0.496 e. The lowest BCUT2D eigenvalue weighted by molar-refractivity contribution is 0.0580. The quantitative estimate of drug-likeness (QED) is 0.779. The molecule has 1 rings (SSSR count). The number of hydrogen-bond acceptors (Lipinski definition) is 4. The van der Waals surface area contributed by atoms with E-state index in [0.29, 0.717) is 10.6 Å². The van der Waals surface area contributed by atoms with Crippen LogP contribution in [0.5, 0.6) is 11.5 Å². The highest BCUT2D eigenvalue weighted by atomic mass is 32.2. The Bertz CT molecular complexity index is 458. The average Bonchev–Trinajstić information content (AvgIpc) is 2.36. The predicted octanol–water partition coefficient (Wildman–Crippen LogP) is 3.04. The molecule has 0 aliphatic heterocycles. The number of benzene rings is 1. The molecule has 0 spiro atoms. The SMILES string of the molecule is COc1cc(C(F)(F)C#N)c(OC)cc1SC. The van der Waals surface area contributed by atoms with Crippen molar-refractivity contribution in [2.24, 2.45) is 0 Å². The number of alkyl halides is 2. The van der Waals surface area contributed by atoms with Gasteiger partial charge in [-0.15, -0.1) is 11.8 Å². The maximum absolute atomic E-state index is 13.4. The summed E-state index contributed by atoms with van der Waals surface area (Å²) >= 11 is 1.34. The van der Waals surface area contributed by atoms with Crippen molar-refractivity contribution in [1.29, 1.82) is 5.26 Å².